The molecule has 0 spiro atoms. The molecule has 0 saturated carbocycles. The van der Waals surface area contributed by atoms with Crippen LogP contribution in [0.15, 0.2) is 40.3 Å². The third-order valence-corrected chi connectivity index (χ3v) is 4.86. The lowest BCUT2D eigenvalue weighted by atomic mass is 9.80. The smallest absolute Gasteiger partial charge is 0.0965 e. The van der Waals surface area contributed by atoms with Crippen molar-refractivity contribution in [2.45, 2.75) is 65.2 Å². The zero-order chi connectivity index (χ0) is 16.3. The van der Waals surface area contributed by atoms with Crippen molar-refractivity contribution in [1.29, 1.82) is 0 Å². The Morgan fingerprint density at radius 1 is 0.913 bits per heavy atom. The first-order valence-corrected chi connectivity index (χ1v) is 9.32. The van der Waals surface area contributed by atoms with E-state index < -0.39 is 0 Å². The minimum Gasteiger partial charge on any atom is -0.0965 e. The molecule has 124 valence electrons. The van der Waals surface area contributed by atoms with Gasteiger partial charge in [-0.05, 0) is 24.3 Å². The molecule has 0 saturated heterocycles. The fourth-order valence-electron chi connectivity index (χ4n) is 3.48. The highest BCUT2D eigenvalue weighted by molar-refractivity contribution is 6.18. The van der Waals surface area contributed by atoms with Gasteiger partial charge in [-0.2, -0.15) is 0 Å². The summed E-state index contributed by atoms with van der Waals surface area (Å²) >= 11 is 0. The zero-order valence-electron chi connectivity index (χ0n) is 14.7. The van der Waals surface area contributed by atoms with Crippen molar-refractivity contribution in [3.05, 3.63) is 42.1 Å². The lowest BCUT2D eigenvalue weighted by molar-refractivity contribution is 0.300. The first-order valence-electron chi connectivity index (χ1n) is 9.32. The first-order chi connectivity index (χ1) is 11.3. The van der Waals surface area contributed by atoms with Crippen LogP contribution in [0.2, 0.25) is 0 Å². The topological polar surface area (TPSA) is 24.7 Å². The number of hydrogen-bond acceptors (Lipinski definition) is 2. The average Bonchev–Trinajstić information content (AvgIpc) is 3.12. The molecule has 23 heavy (non-hydrogen) atoms. The van der Waals surface area contributed by atoms with Crippen LogP contribution in [0.5, 0.6) is 0 Å². The maximum Gasteiger partial charge on any atom is 0.244 e. The van der Waals surface area contributed by atoms with Crippen molar-refractivity contribution < 1.29 is 0 Å². The van der Waals surface area contributed by atoms with Gasteiger partial charge in [-0.1, -0.05) is 92.7 Å². The van der Waals surface area contributed by atoms with Crippen LogP contribution < -0.4 is 0 Å². The Kier molecular flexibility index (Phi) is 7.92. The summed E-state index contributed by atoms with van der Waals surface area (Å²) in [6.07, 6.45) is 14.9. The predicted molar refractivity (Wildman–Crippen MR) is 101 cm³/mol. The normalized spacial score (nSPS) is 16.0. The van der Waals surface area contributed by atoms with Gasteiger partial charge in [0.25, 0.3) is 0 Å². The summed E-state index contributed by atoms with van der Waals surface area (Å²) in [5.74, 6) is 1.13. The highest BCUT2D eigenvalue weighted by Gasteiger charge is 2.34. The minimum absolute atomic E-state index is 0.497. The molecular formula is C21H31N2+. The van der Waals surface area contributed by atoms with Gasteiger partial charge in [-0.15, -0.1) is 0 Å². The molecule has 2 heteroatoms. The molecule has 2 unspecified atom stereocenters. The number of benzene rings is 1. The van der Waals surface area contributed by atoms with Crippen LogP contribution in [0.25, 0.3) is 0 Å². The summed E-state index contributed by atoms with van der Waals surface area (Å²) < 4.78 is 0. The van der Waals surface area contributed by atoms with Crippen molar-refractivity contribution in [1.82, 2.24) is 0 Å². The van der Waals surface area contributed by atoms with Crippen LogP contribution >= 0.6 is 0 Å². The monoisotopic (exact) mass is 311 g/mol. The number of hydrogen-bond donors (Lipinski definition) is 0. The SMILES string of the molecule is CCCCCCCC([C+]1N=CC=N1)C(CC)Cc1ccccc1. The number of unbranched alkanes of at least 4 members (excludes halogenated alkanes) is 4. The van der Waals surface area contributed by atoms with Gasteiger partial charge in [-0.25, -0.2) is 0 Å². The van der Waals surface area contributed by atoms with Gasteiger partial charge in [0.15, 0.2) is 12.4 Å². The molecule has 0 aromatic heterocycles. The van der Waals surface area contributed by atoms with E-state index in [0.29, 0.717) is 11.8 Å². The highest BCUT2D eigenvalue weighted by Crippen LogP contribution is 2.35. The molecule has 2 rings (SSSR count). The van der Waals surface area contributed by atoms with Gasteiger partial charge >= 0.3 is 0 Å². The summed E-state index contributed by atoms with van der Waals surface area (Å²) in [7, 11) is 0. The molecule has 1 aromatic carbocycles. The lowest BCUT2D eigenvalue weighted by Crippen LogP contribution is -2.21. The quantitative estimate of drug-likeness (QED) is 0.360. The lowest BCUT2D eigenvalue weighted by Gasteiger charge is -2.24. The number of rotatable bonds is 11. The maximum absolute atomic E-state index is 4.53. The molecule has 1 aromatic rings. The van der Waals surface area contributed by atoms with Crippen LogP contribution in [0.3, 0.4) is 0 Å². The molecule has 0 bridgehead atoms. The highest BCUT2D eigenvalue weighted by atomic mass is 15.0. The van der Waals surface area contributed by atoms with E-state index in [9.17, 15) is 0 Å². The van der Waals surface area contributed by atoms with Crippen LogP contribution in [0.4, 0.5) is 0 Å². The summed E-state index contributed by atoms with van der Waals surface area (Å²) in [4.78, 5) is 9.06. The molecule has 0 N–H and O–H groups in total. The number of aliphatic imine (C=N–C) groups is 2. The van der Waals surface area contributed by atoms with Crippen LogP contribution in [-0.2, 0) is 6.42 Å². The van der Waals surface area contributed by atoms with Gasteiger partial charge in [-0.3, -0.25) is 0 Å². The van der Waals surface area contributed by atoms with E-state index in [0.717, 1.165) is 12.6 Å². The molecule has 0 radical (unpaired) electrons. The summed E-state index contributed by atoms with van der Waals surface area (Å²) in [6, 6.07) is 10.9. The van der Waals surface area contributed by atoms with E-state index in [-0.39, 0.29) is 0 Å². The Morgan fingerprint density at radius 2 is 1.61 bits per heavy atom. The second kappa shape index (κ2) is 10.3. The standard InChI is InChI=1S/C21H31N2/c1-3-5-6-7-11-14-20(21-22-15-16-23-21)19(4-2)17-18-12-9-8-10-13-18/h8-10,12-13,15-16,19-20H,3-7,11,14,17H2,1-2H3/q+1. The molecular weight excluding hydrogens is 280 g/mol. The maximum atomic E-state index is 4.53. The summed E-state index contributed by atoms with van der Waals surface area (Å²) in [6.45, 7) is 4.58. The molecule has 0 fully saturated rings. The van der Waals surface area contributed by atoms with Crippen molar-refractivity contribution in [2.24, 2.45) is 21.8 Å². The van der Waals surface area contributed by atoms with Crippen LogP contribution in [0.1, 0.15) is 64.4 Å². The van der Waals surface area contributed by atoms with E-state index >= 15 is 0 Å². The average molecular weight is 311 g/mol. The molecule has 1 aliphatic heterocycles. The third-order valence-electron chi connectivity index (χ3n) is 4.86. The van der Waals surface area contributed by atoms with Gasteiger partial charge in [0.2, 0.25) is 6.17 Å². The molecule has 2 nitrogen and oxygen atoms in total. The second-order valence-corrected chi connectivity index (χ2v) is 6.58. The Bertz CT molecular complexity index is 466. The molecule has 0 aliphatic carbocycles. The zero-order valence-corrected chi connectivity index (χ0v) is 14.7. The minimum atomic E-state index is 0.497. The fraction of sp³-hybridized carbons (Fsp3) is 0.571. The van der Waals surface area contributed by atoms with E-state index in [1.807, 2.05) is 12.4 Å². The van der Waals surface area contributed by atoms with E-state index in [1.165, 1.54) is 50.5 Å². The van der Waals surface area contributed by atoms with E-state index in [2.05, 4.69) is 54.2 Å². The van der Waals surface area contributed by atoms with Gasteiger partial charge in [0, 0.05) is 0 Å². The van der Waals surface area contributed by atoms with Gasteiger partial charge in [0.05, 0.1) is 5.92 Å². The first kappa shape index (κ1) is 17.8. The van der Waals surface area contributed by atoms with E-state index in [1.54, 1.807) is 0 Å². The van der Waals surface area contributed by atoms with Crippen molar-refractivity contribution in [3.63, 3.8) is 0 Å². The Morgan fingerprint density at radius 3 is 2.26 bits per heavy atom. The molecule has 1 heterocycles. The Balaban J connectivity index is 1.95. The predicted octanol–water partition coefficient (Wildman–Crippen LogP) is 5.88. The summed E-state index contributed by atoms with van der Waals surface area (Å²) in [5, 5.41) is 0. The number of nitrogens with zero attached hydrogens (tertiary/aromatic N) is 2. The third kappa shape index (κ3) is 5.85. The van der Waals surface area contributed by atoms with Gasteiger partial charge in [0.1, 0.15) is 0 Å². The van der Waals surface area contributed by atoms with Crippen molar-refractivity contribution in [2.75, 3.05) is 0 Å². The summed E-state index contributed by atoms with van der Waals surface area (Å²) in [5.41, 5.74) is 1.43. The van der Waals surface area contributed by atoms with Gasteiger partial charge < -0.3 is 0 Å². The Labute approximate surface area is 142 Å². The van der Waals surface area contributed by atoms with Crippen LogP contribution in [0, 0.1) is 18.0 Å². The largest absolute Gasteiger partial charge is 0.244 e. The molecule has 0 amide bonds. The second-order valence-electron chi connectivity index (χ2n) is 6.58. The van der Waals surface area contributed by atoms with Crippen molar-refractivity contribution >= 4 is 12.4 Å². The van der Waals surface area contributed by atoms with E-state index in [4.69, 9.17) is 0 Å². The van der Waals surface area contributed by atoms with Crippen molar-refractivity contribution in [3.8, 4) is 0 Å². The van der Waals surface area contributed by atoms with Crippen LogP contribution in [-0.4, -0.2) is 12.4 Å². The molecule has 2 atom stereocenters. The fourth-order valence-corrected chi connectivity index (χ4v) is 3.48. The Hall–Kier alpha value is -1.57. The molecule has 1 aliphatic rings.